The van der Waals surface area contributed by atoms with Gasteiger partial charge in [-0.05, 0) is 30.6 Å². The van der Waals surface area contributed by atoms with Crippen molar-refractivity contribution in [3.8, 4) is 0 Å². The van der Waals surface area contributed by atoms with Crippen molar-refractivity contribution in [2.75, 3.05) is 0 Å². The SMILES string of the molecule is CC(C)[C@H]1CC[C@@H](C)[C@@H](O)[C@H]1O. The Balaban J connectivity index is 2.58. The smallest absolute Gasteiger partial charge is 0.0832 e. The lowest BCUT2D eigenvalue weighted by Crippen LogP contribution is -2.44. The van der Waals surface area contributed by atoms with Crippen LogP contribution < -0.4 is 0 Å². The molecule has 0 spiro atoms. The maximum Gasteiger partial charge on any atom is 0.0832 e. The zero-order valence-electron chi connectivity index (χ0n) is 8.20. The Morgan fingerprint density at radius 2 is 1.67 bits per heavy atom. The Bertz CT molecular complexity index is 145. The summed E-state index contributed by atoms with van der Waals surface area (Å²) in [4.78, 5) is 0. The van der Waals surface area contributed by atoms with Crippen molar-refractivity contribution in [3.63, 3.8) is 0 Å². The van der Waals surface area contributed by atoms with E-state index in [1.807, 2.05) is 6.92 Å². The molecule has 0 amide bonds. The van der Waals surface area contributed by atoms with E-state index in [2.05, 4.69) is 13.8 Å². The van der Waals surface area contributed by atoms with Gasteiger partial charge in [0, 0.05) is 0 Å². The van der Waals surface area contributed by atoms with Crippen molar-refractivity contribution in [1.82, 2.24) is 0 Å². The minimum Gasteiger partial charge on any atom is -0.390 e. The molecule has 1 aliphatic rings. The van der Waals surface area contributed by atoms with Gasteiger partial charge in [-0.25, -0.2) is 0 Å². The van der Waals surface area contributed by atoms with Crippen LogP contribution in [0, 0.1) is 17.8 Å². The highest BCUT2D eigenvalue weighted by atomic mass is 16.3. The number of aliphatic hydroxyl groups is 2. The van der Waals surface area contributed by atoms with Gasteiger partial charge in [0.2, 0.25) is 0 Å². The standard InChI is InChI=1S/C10H20O2/c1-6(2)8-5-4-7(3)9(11)10(8)12/h6-12H,4-5H2,1-3H3/t7-,8-,9-,10+/m1/s1. The van der Waals surface area contributed by atoms with Gasteiger partial charge in [-0.3, -0.25) is 0 Å². The molecule has 1 saturated carbocycles. The van der Waals surface area contributed by atoms with E-state index in [4.69, 9.17) is 0 Å². The molecule has 1 fully saturated rings. The van der Waals surface area contributed by atoms with Gasteiger partial charge >= 0.3 is 0 Å². The van der Waals surface area contributed by atoms with E-state index in [9.17, 15) is 10.2 Å². The van der Waals surface area contributed by atoms with Crippen molar-refractivity contribution < 1.29 is 10.2 Å². The monoisotopic (exact) mass is 172 g/mol. The first-order valence-electron chi connectivity index (χ1n) is 4.90. The molecule has 1 rings (SSSR count). The van der Waals surface area contributed by atoms with E-state index in [0.29, 0.717) is 5.92 Å². The second kappa shape index (κ2) is 3.75. The highest BCUT2D eigenvalue weighted by molar-refractivity contribution is 4.86. The molecule has 2 nitrogen and oxygen atoms in total. The van der Waals surface area contributed by atoms with Gasteiger partial charge in [-0.1, -0.05) is 20.8 Å². The van der Waals surface area contributed by atoms with Crippen LogP contribution in [0.3, 0.4) is 0 Å². The van der Waals surface area contributed by atoms with Gasteiger partial charge in [0.05, 0.1) is 12.2 Å². The van der Waals surface area contributed by atoms with Gasteiger partial charge in [0.15, 0.2) is 0 Å². The predicted molar refractivity (Wildman–Crippen MR) is 48.7 cm³/mol. The molecule has 2 N–H and O–H groups in total. The number of hydrogen-bond donors (Lipinski definition) is 2. The normalized spacial score (nSPS) is 43.5. The van der Waals surface area contributed by atoms with Gasteiger partial charge in [-0.15, -0.1) is 0 Å². The van der Waals surface area contributed by atoms with Crippen LogP contribution in [0.1, 0.15) is 33.6 Å². The van der Waals surface area contributed by atoms with Gasteiger partial charge in [0.1, 0.15) is 0 Å². The third-order valence-electron chi connectivity index (χ3n) is 3.18. The van der Waals surface area contributed by atoms with Gasteiger partial charge in [0.25, 0.3) is 0 Å². The molecule has 0 aliphatic heterocycles. The van der Waals surface area contributed by atoms with Crippen LogP contribution >= 0.6 is 0 Å². The van der Waals surface area contributed by atoms with E-state index in [0.717, 1.165) is 12.8 Å². The molecule has 0 radical (unpaired) electrons. The highest BCUT2D eigenvalue weighted by Gasteiger charge is 2.36. The van der Waals surface area contributed by atoms with Crippen molar-refractivity contribution in [2.45, 2.75) is 45.8 Å². The second-order valence-electron chi connectivity index (χ2n) is 4.44. The molecule has 0 aromatic carbocycles. The average molecular weight is 172 g/mol. The minimum absolute atomic E-state index is 0.259. The van der Waals surface area contributed by atoms with Crippen molar-refractivity contribution in [1.29, 1.82) is 0 Å². The molecular weight excluding hydrogens is 152 g/mol. The van der Waals surface area contributed by atoms with E-state index < -0.39 is 12.2 Å². The van der Waals surface area contributed by atoms with Crippen LogP contribution in [0.4, 0.5) is 0 Å². The molecule has 0 unspecified atom stereocenters. The third kappa shape index (κ3) is 1.80. The third-order valence-corrected chi connectivity index (χ3v) is 3.18. The Morgan fingerprint density at radius 3 is 2.17 bits per heavy atom. The second-order valence-corrected chi connectivity index (χ2v) is 4.44. The lowest BCUT2D eigenvalue weighted by Gasteiger charge is -2.38. The largest absolute Gasteiger partial charge is 0.390 e. The summed E-state index contributed by atoms with van der Waals surface area (Å²) in [6.07, 6.45) is 1.08. The summed E-state index contributed by atoms with van der Waals surface area (Å²) < 4.78 is 0. The number of hydrogen-bond acceptors (Lipinski definition) is 2. The van der Waals surface area contributed by atoms with Crippen molar-refractivity contribution in [3.05, 3.63) is 0 Å². The Kier molecular flexibility index (Phi) is 3.13. The first-order valence-corrected chi connectivity index (χ1v) is 4.90. The molecule has 4 atom stereocenters. The number of rotatable bonds is 1. The fourth-order valence-corrected chi connectivity index (χ4v) is 2.11. The maximum absolute atomic E-state index is 9.73. The van der Waals surface area contributed by atoms with Gasteiger partial charge < -0.3 is 10.2 Å². The van der Waals surface area contributed by atoms with Crippen molar-refractivity contribution >= 4 is 0 Å². The first kappa shape index (κ1) is 10.0. The van der Waals surface area contributed by atoms with Crippen LogP contribution in [0.2, 0.25) is 0 Å². The Hall–Kier alpha value is -0.0800. The van der Waals surface area contributed by atoms with Crippen LogP contribution in [0.25, 0.3) is 0 Å². The van der Waals surface area contributed by atoms with Crippen LogP contribution in [0.15, 0.2) is 0 Å². The quantitative estimate of drug-likeness (QED) is 0.628. The minimum atomic E-state index is -0.508. The molecule has 0 aromatic rings. The fraction of sp³-hybridized carbons (Fsp3) is 1.00. The predicted octanol–water partition coefficient (Wildman–Crippen LogP) is 1.41. The molecule has 1 aliphatic carbocycles. The first-order chi connectivity index (χ1) is 5.54. The molecule has 0 saturated heterocycles. The average Bonchev–Trinajstić information content (AvgIpc) is 2.00. The summed E-state index contributed by atoms with van der Waals surface area (Å²) in [5.74, 6) is 1.02. The summed E-state index contributed by atoms with van der Waals surface area (Å²) in [5, 5.41) is 19.3. The van der Waals surface area contributed by atoms with E-state index in [-0.39, 0.29) is 11.8 Å². The van der Waals surface area contributed by atoms with Crippen molar-refractivity contribution in [2.24, 2.45) is 17.8 Å². The zero-order valence-corrected chi connectivity index (χ0v) is 8.20. The summed E-state index contributed by atoms with van der Waals surface area (Å²) >= 11 is 0. The maximum atomic E-state index is 9.73. The number of aliphatic hydroxyl groups excluding tert-OH is 2. The molecule has 2 heteroatoms. The van der Waals surface area contributed by atoms with Crippen LogP contribution in [0.5, 0.6) is 0 Å². The van der Waals surface area contributed by atoms with Crippen LogP contribution in [-0.2, 0) is 0 Å². The summed E-state index contributed by atoms with van der Waals surface area (Å²) in [6.45, 7) is 6.22. The highest BCUT2D eigenvalue weighted by Crippen LogP contribution is 2.33. The van der Waals surface area contributed by atoms with Crippen LogP contribution in [-0.4, -0.2) is 22.4 Å². The Morgan fingerprint density at radius 1 is 1.08 bits per heavy atom. The fourth-order valence-electron chi connectivity index (χ4n) is 2.11. The Labute approximate surface area is 74.6 Å². The molecular formula is C10H20O2. The summed E-state index contributed by atoms with van der Waals surface area (Å²) in [5.41, 5.74) is 0. The zero-order chi connectivity index (χ0) is 9.30. The molecule has 0 aromatic heterocycles. The summed E-state index contributed by atoms with van der Waals surface area (Å²) in [7, 11) is 0. The van der Waals surface area contributed by atoms with Gasteiger partial charge in [-0.2, -0.15) is 0 Å². The van der Waals surface area contributed by atoms with E-state index in [1.165, 1.54) is 0 Å². The molecule has 12 heavy (non-hydrogen) atoms. The lowest BCUT2D eigenvalue weighted by atomic mass is 9.74. The van der Waals surface area contributed by atoms with E-state index >= 15 is 0 Å². The topological polar surface area (TPSA) is 40.5 Å². The molecule has 0 heterocycles. The molecule has 0 bridgehead atoms. The van der Waals surface area contributed by atoms with E-state index in [1.54, 1.807) is 0 Å². The molecule has 72 valence electrons. The lowest BCUT2D eigenvalue weighted by molar-refractivity contribution is -0.0832. The summed E-state index contributed by atoms with van der Waals surface area (Å²) in [6, 6.07) is 0.